The van der Waals surface area contributed by atoms with Crippen molar-refractivity contribution in [2.45, 2.75) is 50.5 Å². The maximum absolute atomic E-state index is 12.2. The summed E-state index contributed by atoms with van der Waals surface area (Å²) in [5, 5.41) is 14.6. The third-order valence-corrected chi connectivity index (χ3v) is 6.56. The van der Waals surface area contributed by atoms with Crippen LogP contribution in [-0.2, 0) is 14.3 Å². The van der Waals surface area contributed by atoms with E-state index < -0.39 is 12.1 Å². The summed E-state index contributed by atoms with van der Waals surface area (Å²) in [6.07, 6.45) is 2.88. The Bertz CT molecular complexity index is 976. The van der Waals surface area contributed by atoms with Crippen molar-refractivity contribution in [1.29, 1.82) is 0 Å². The number of rotatable bonds is 9. The minimum Gasteiger partial charge on any atom is -0.481 e. The van der Waals surface area contributed by atoms with Crippen LogP contribution >= 0.6 is 0 Å². The number of carbonyl (C=O) groups excluding carboxylic acids is 2. The summed E-state index contributed by atoms with van der Waals surface area (Å²) in [4.78, 5) is 35.1. The third-order valence-electron chi connectivity index (χ3n) is 6.56. The van der Waals surface area contributed by atoms with Crippen molar-refractivity contribution in [2.24, 2.45) is 5.92 Å². The van der Waals surface area contributed by atoms with Gasteiger partial charge in [0.25, 0.3) is 0 Å². The lowest BCUT2D eigenvalue weighted by atomic mass is 9.98. The fourth-order valence-electron chi connectivity index (χ4n) is 5.03. The van der Waals surface area contributed by atoms with E-state index in [0.717, 1.165) is 19.3 Å². The third kappa shape index (κ3) is 5.72. The molecular formula is C26H30N2O5. The number of nitrogens with one attached hydrogen (secondary N) is 2. The van der Waals surface area contributed by atoms with Gasteiger partial charge >= 0.3 is 12.1 Å². The van der Waals surface area contributed by atoms with Crippen molar-refractivity contribution < 1.29 is 24.2 Å². The van der Waals surface area contributed by atoms with Crippen LogP contribution in [0.4, 0.5) is 4.79 Å². The number of carboxylic acids is 1. The van der Waals surface area contributed by atoms with Gasteiger partial charge in [0.2, 0.25) is 5.91 Å². The molecule has 2 aliphatic rings. The molecule has 7 heteroatoms. The van der Waals surface area contributed by atoms with Crippen molar-refractivity contribution in [3.05, 3.63) is 59.7 Å². The molecule has 0 unspecified atom stereocenters. The van der Waals surface area contributed by atoms with Gasteiger partial charge < -0.3 is 20.5 Å². The summed E-state index contributed by atoms with van der Waals surface area (Å²) >= 11 is 0. The summed E-state index contributed by atoms with van der Waals surface area (Å²) < 4.78 is 5.50. The largest absolute Gasteiger partial charge is 0.481 e. The maximum Gasteiger partial charge on any atom is 0.407 e. The van der Waals surface area contributed by atoms with Crippen LogP contribution in [0.25, 0.3) is 11.1 Å². The zero-order valence-electron chi connectivity index (χ0n) is 18.6. The molecule has 2 aromatic carbocycles. The zero-order valence-corrected chi connectivity index (χ0v) is 18.6. The standard InChI is InChI=1S/C26H30N2O5/c29-24(28-18-12-11-17(14-18)15-25(30)31)10-5-13-27-26(32)33-16-23-21-8-3-1-6-19(21)20-7-2-4-9-22(20)23/h1-4,6-9,17-18,23H,5,10-16H2,(H,27,32)(H,28,29)(H,30,31)/t17-,18+/m1/s1. The normalized spacial score (nSPS) is 18.9. The second kappa shape index (κ2) is 10.5. The van der Waals surface area contributed by atoms with Crippen LogP contribution < -0.4 is 10.6 Å². The minimum absolute atomic E-state index is 0.0188. The lowest BCUT2D eigenvalue weighted by molar-refractivity contribution is -0.138. The summed E-state index contributed by atoms with van der Waals surface area (Å²) in [5.41, 5.74) is 4.70. The first-order valence-electron chi connectivity index (χ1n) is 11.6. The predicted molar refractivity (Wildman–Crippen MR) is 124 cm³/mol. The fourth-order valence-corrected chi connectivity index (χ4v) is 5.03. The molecule has 2 aromatic rings. The quantitative estimate of drug-likeness (QED) is 0.500. The van der Waals surface area contributed by atoms with Gasteiger partial charge in [0.15, 0.2) is 0 Å². The fraction of sp³-hybridized carbons (Fsp3) is 0.423. The lowest BCUT2D eigenvalue weighted by Gasteiger charge is -2.15. The average molecular weight is 451 g/mol. The number of amides is 2. The van der Waals surface area contributed by atoms with Crippen LogP contribution in [-0.4, -0.2) is 42.3 Å². The second-order valence-electron chi connectivity index (χ2n) is 8.90. The first kappa shape index (κ1) is 22.8. The van der Waals surface area contributed by atoms with Crippen LogP contribution in [0.15, 0.2) is 48.5 Å². The number of aliphatic carboxylic acids is 1. The van der Waals surface area contributed by atoms with E-state index in [4.69, 9.17) is 9.84 Å². The predicted octanol–water partition coefficient (Wildman–Crippen LogP) is 4.06. The van der Waals surface area contributed by atoms with E-state index in [2.05, 4.69) is 34.9 Å². The topological polar surface area (TPSA) is 105 Å². The number of carboxylic acid groups (broad SMARTS) is 1. The monoisotopic (exact) mass is 450 g/mol. The van der Waals surface area contributed by atoms with E-state index >= 15 is 0 Å². The van der Waals surface area contributed by atoms with Gasteiger partial charge in [-0.05, 0) is 53.9 Å². The molecule has 2 amide bonds. The van der Waals surface area contributed by atoms with Crippen LogP contribution in [0.1, 0.15) is 55.6 Å². The first-order valence-corrected chi connectivity index (χ1v) is 11.6. The van der Waals surface area contributed by atoms with Gasteiger partial charge in [-0.2, -0.15) is 0 Å². The van der Waals surface area contributed by atoms with E-state index in [1.807, 2.05) is 24.3 Å². The number of carbonyl (C=O) groups is 3. The van der Waals surface area contributed by atoms with E-state index in [9.17, 15) is 14.4 Å². The molecule has 0 radical (unpaired) electrons. The number of hydrogen-bond donors (Lipinski definition) is 3. The highest BCUT2D eigenvalue weighted by Crippen LogP contribution is 2.44. The Morgan fingerprint density at radius 1 is 0.970 bits per heavy atom. The Labute approximate surface area is 193 Å². The molecule has 0 aliphatic heterocycles. The highest BCUT2D eigenvalue weighted by Gasteiger charge is 2.29. The molecule has 2 atom stereocenters. The van der Waals surface area contributed by atoms with Gasteiger partial charge in [0.1, 0.15) is 6.61 Å². The van der Waals surface area contributed by atoms with Gasteiger partial charge in [0.05, 0.1) is 0 Å². The Morgan fingerprint density at radius 3 is 2.30 bits per heavy atom. The molecule has 1 saturated carbocycles. The molecule has 3 N–H and O–H groups in total. The Morgan fingerprint density at radius 2 is 1.64 bits per heavy atom. The number of alkyl carbamates (subject to hydrolysis) is 1. The molecule has 0 aromatic heterocycles. The molecule has 7 nitrogen and oxygen atoms in total. The first-order chi connectivity index (χ1) is 16.0. The molecule has 33 heavy (non-hydrogen) atoms. The molecule has 0 saturated heterocycles. The van der Waals surface area contributed by atoms with Crippen molar-refractivity contribution >= 4 is 18.0 Å². The molecule has 0 bridgehead atoms. The summed E-state index contributed by atoms with van der Waals surface area (Å²) in [7, 11) is 0. The summed E-state index contributed by atoms with van der Waals surface area (Å²) in [5.74, 6) is -0.690. The van der Waals surface area contributed by atoms with Crippen molar-refractivity contribution in [3.63, 3.8) is 0 Å². The minimum atomic E-state index is -0.786. The number of hydrogen-bond acceptors (Lipinski definition) is 4. The Kier molecular flexibility index (Phi) is 7.27. The van der Waals surface area contributed by atoms with Crippen LogP contribution in [0, 0.1) is 5.92 Å². The van der Waals surface area contributed by atoms with Gasteiger partial charge in [0, 0.05) is 31.3 Å². The highest BCUT2D eigenvalue weighted by molar-refractivity contribution is 5.79. The maximum atomic E-state index is 12.2. The summed E-state index contributed by atoms with van der Waals surface area (Å²) in [6, 6.07) is 16.4. The second-order valence-corrected chi connectivity index (χ2v) is 8.90. The number of ether oxygens (including phenoxy) is 1. The average Bonchev–Trinajstić information content (AvgIpc) is 3.36. The zero-order chi connectivity index (χ0) is 23.2. The van der Waals surface area contributed by atoms with Crippen LogP contribution in [0.5, 0.6) is 0 Å². The Balaban J connectivity index is 1.15. The lowest BCUT2D eigenvalue weighted by Crippen LogP contribution is -2.34. The molecule has 2 aliphatic carbocycles. The smallest absolute Gasteiger partial charge is 0.407 e. The van der Waals surface area contributed by atoms with E-state index in [0.29, 0.717) is 19.4 Å². The van der Waals surface area contributed by atoms with Crippen molar-refractivity contribution in [3.8, 4) is 11.1 Å². The van der Waals surface area contributed by atoms with E-state index in [1.54, 1.807) is 0 Å². The van der Waals surface area contributed by atoms with Crippen LogP contribution in [0.2, 0.25) is 0 Å². The van der Waals surface area contributed by atoms with Crippen molar-refractivity contribution in [1.82, 2.24) is 10.6 Å². The molecule has 1 fully saturated rings. The molecule has 174 valence electrons. The van der Waals surface area contributed by atoms with E-state index in [-0.39, 0.29) is 36.8 Å². The molecule has 0 heterocycles. The molecule has 0 spiro atoms. The van der Waals surface area contributed by atoms with E-state index in [1.165, 1.54) is 22.3 Å². The number of benzene rings is 2. The number of fused-ring (bicyclic) bond motifs is 3. The van der Waals surface area contributed by atoms with Gasteiger partial charge in [-0.3, -0.25) is 9.59 Å². The molecular weight excluding hydrogens is 420 g/mol. The summed E-state index contributed by atoms with van der Waals surface area (Å²) in [6.45, 7) is 0.621. The van der Waals surface area contributed by atoms with Crippen LogP contribution in [0.3, 0.4) is 0 Å². The Hall–Kier alpha value is -3.35. The highest BCUT2D eigenvalue weighted by atomic mass is 16.5. The van der Waals surface area contributed by atoms with Crippen molar-refractivity contribution in [2.75, 3.05) is 13.2 Å². The van der Waals surface area contributed by atoms with Gasteiger partial charge in [-0.15, -0.1) is 0 Å². The SMILES string of the molecule is O=C(O)C[C@@H]1CC[C@H](NC(=O)CCCNC(=O)OCC2c3ccccc3-c3ccccc32)C1. The van der Waals surface area contributed by atoms with Gasteiger partial charge in [-0.1, -0.05) is 48.5 Å². The molecule has 4 rings (SSSR count). The van der Waals surface area contributed by atoms with Gasteiger partial charge in [-0.25, -0.2) is 4.79 Å².